The summed E-state index contributed by atoms with van der Waals surface area (Å²) in [4.78, 5) is 51.4. The minimum absolute atomic E-state index is 0.0381. The van der Waals surface area contributed by atoms with Crippen molar-refractivity contribution in [2.75, 3.05) is 26.9 Å². The maximum atomic E-state index is 15.1. The van der Waals surface area contributed by atoms with Crippen molar-refractivity contribution in [3.63, 3.8) is 0 Å². The Hall–Kier alpha value is -2.60. The highest BCUT2D eigenvalue weighted by Gasteiger charge is 2.35. The number of aromatic nitrogens is 2. The van der Waals surface area contributed by atoms with E-state index < -0.39 is 89.6 Å². The van der Waals surface area contributed by atoms with Crippen LogP contribution < -0.4 is 11.2 Å². The number of hydrogen-bond acceptors (Lipinski definition) is 13. The Bertz CT molecular complexity index is 1360. The normalized spacial score (nSPS) is 15.0. The van der Waals surface area contributed by atoms with Crippen molar-refractivity contribution in [1.29, 1.82) is 5.26 Å². The number of esters is 2. The Morgan fingerprint density at radius 1 is 1.00 bits per heavy atom. The van der Waals surface area contributed by atoms with Crippen LogP contribution in [0.5, 0.6) is 0 Å². The van der Waals surface area contributed by atoms with Gasteiger partial charge in [0, 0.05) is 24.3 Å². The lowest BCUT2D eigenvalue weighted by molar-refractivity contribution is -0.161. The first kappa shape index (κ1) is 46.4. The van der Waals surface area contributed by atoms with Gasteiger partial charge in [0.2, 0.25) is 8.38 Å². The SMILES string of the molecule is CCC(OC(/C=C/P(OCOC(=O)C(C)(C)C)OCOC(=O)C(C)(C)C)C(CF)OP(OCCC#N)N(C(C)C)C(C)C)n1ccc(=O)[nH]c1=O. The third-order valence-corrected chi connectivity index (χ3v) is 9.88. The Kier molecular flexibility index (Phi) is 20.4. The molecule has 290 valence electrons. The molecule has 0 saturated carbocycles. The monoisotopic (exact) mass is 764 g/mol. The first-order valence-electron chi connectivity index (χ1n) is 16.6. The van der Waals surface area contributed by atoms with Crippen molar-refractivity contribution in [1.82, 2.24) is 14.2 Å². The van der Waals surface area contributed by atoms with Gasteiger partial charge in [0.05, 0.1) is 29.9 Å². The second-order valence-electron chi connectivity index (χ2n) is 13.8. The first-order chi connectivity index (χ1) is 23.8. The minimum atomic E-state index is -2.10. The summed E-state index contributed by atoms with van der Waals surface area (Å²) in [5.41, 5.74) is -2.96. The molecule has 0 aliphatic heterocycles. The molecule has 18 heteroatoms. The fourth-order valence-corrected chi connectivity index (χ4v) is 6.59. The predicted octanol–water partition coefficient (Wildman–Crippen LogP) is 6.41. The molecule has 0 radical (unpaired) electrons. The van der Waals surface area contributed by atoms with Crippen LogP contribution in [-0.2, 0) is 41.9 Å². The van der Waals surface area contributed by atoms with E-state index in [9.17, 15) is 19.2 Å². The molecular weight excluding hydrogens is 709 g/mol. The fraction of sp³-hybridized carbons (Fsp3) is 0.727. The number of H-pyrrole nitrogens is 1. The van der Waals surface area contributed by atoms with Gasteiger partial charge in [-0.1, -0.05) is 6.92 Å². The second-order valence-corrected chi connectivity index (χ2v) is 16.6. The molecule has 1 N–H and O–H groups in total. The summed E-state index contributed by atoms with van der Waals surface area (Å²) in [5.74, 6) is 0.343. The topological polar surface area (TPSA) is 181 Å². The molecule has 0 aromatic carbocycles. The van der Waals surface area contributed by atoms with Gasteiger partial charge in [0.15, 0.2) is 13.6 Å². The number of carbonyl (C=O) groups is 2. The molecule has 1 heterocycles. The van der Waals surface area contributed by atoms with Gasteiger partial charge in [-0.05, 0) is 87.6 Å². The largest absolute Gasteiger partial charge is 0.438 e. The zero-order chi connectivity index (χ0) is 38.9. The molecule has 1 aromatic rings. The number of nitrogens with one attached hydrogen (secondary N) is 1. The lowest BCUT2D eigenvalue weighted by Crippen LogP contribution is -2.40. The average Bonchev–Trinajstić information content (AvgIpc) is 3.02. The summed E-state index contributed by atoms with van der Waals surface area (Å²) in [6, 6.07) is 3.01. The van der Waals surface area contributed by atoms with Gasteiger partial charge in [0.25, 0.3) is 14.1 Å². The highest BCUT2D eigenvalue weighted by molar-refractivity contribution is 7.50. The molecule has 0 amide bonds. The van der Waals surface area contributed by atoms with E-state index in [0.29, 0.717) is 0 Å². The molecule has 0 spiro atoms. The van der Waals surface area contributed by atoms with Crippen LogP contribution in [0.15, 0.2) is 33.7 Å². The van der Waals surface area contributed by atoms with Crippen molar-refractivity contribution in [2.24, 2.45) is 10.8 Å². The quantitative estimate of drug-likeness (QED) is 0.0593. The van der Waals surface area contributed by atoms with Gasteiger partial charge in [0.1, 0.15) is 25.1 Å². The summed E-state index contributed by atoms with van der Waals surface area (Å²) in [7, 11) is -4.02. The van der Waals surface area contributed by atoms with Crippen LogP contribution >= 0.6 is 16.9 Å². The van der Waals surface area contributed by atoms with Crippen LogP contribution in [0.25, 0.3) is 0 Å². The molecule has 4 atom stereocenters. The van der Waals surface area contributed by atoms with Gasteiger partial charge in [-0.3, -0.25) is 33.0 Å². The number of alkyl halides is 1. The lowest BCUT2D eigenvalue weighted by Gasteiger charge is -2.38. The number of carbonyl (C=O) groups excluding carboxylic acids is 2. The molecule has 1 rings (SSSR count). The number of rotatable bonds is 22. The lowest BCUT2D eigenvalue weighted by atomic mass is 9.98. The van der Waals surface area contributed by atoms with Gasteiger partial charge < -0.3 is 23.3 Å². The Morgan fingerprint density at radius 2 is 1.55 bits per heavy atom. The maximum Gasteiger partial charge on any atom is 0.330 e. The van der Waals surface area contributed by atoms with Gasteiger partial charge in [-0.2, -0.15) is 5.26 Å². The van der Waals surface area contributed by atoms with E-state index in [4.69, 9.17) is 37.6 Å². The molecule has 1 aromatic heterocycles. The zero-order valence-electron chi connectivity index (χ0n) is 31.5. The van der Waals surface area contributed by atoms with Crippen LogP contribution in [0.4, 0.5) is 4.39 Å². The predicted molar refractivity (Wildman–Crippen MR) is 191 cm³/mol. The van der Waals surface area contributed by atoms with Gasteiger partial charge >= 0.3 is 17.6 Å². The number of nitrogens with zero attached hydrogens (tertiary/aromatic N) is 3. The molecule has 4 unspecified atom stereocenters. The van der Waals surface area contributed by atoms with E-state index in [1.807, 2.05) is 38.4 Å². The van der Waals surface area contributed by atoms with Crippen molar-refractivity contribution in [2.45, 2.75) is 120 Å². The Morgan fingerprint density at radius 3 is 1.98 bits per heavy atom. The smallest absolute Gasteiger partial charge is 0.330 e. The number of aromatic amines is 1. The summed E-state index contributed by atoms with van der Waals surface area (Å²) in [6.07, 6.45) is -0.549. The molecule has 0 saturated heterocycles. The van der Waals surface area contributed by atoms with E-state index in [0.717, 1.165) is 10.6 Å². The molecular formula is C33H55FN4O11P2. The van der Waals surface area contributed by atoms with E-state index in [1.54, 1.807) is 48.5 Å². The summed E-state index contributed by atoms with van der Waals surface area (Å²) in [6.45, 7) is 17.5. The molecule has 0 aliphatic rings. The standard InChI is InChI=1S/C33H55FN4O11P2/c1-12-28(37-17-14-27(39)36-31(37)42)48-25(26(20-34)49-51(45-18-13-16-35)38(23(2)3)24(4)5)15-19-50(46-21-43-29(40)32(6,7)8)47-22-44-30(41)33(9,10)11/h14-15,17,19,23-26,28H,12-13,18,20-22H2,1-11H3,(H,36,39,42)/b19-15+. The van der Waals surface area contributed by atoms with Crippen LogP contribution in [0.2, 0.25) is 0 Å². The average molecular weight is 765 g/mol. The highest BCUT2D eigenvalue weighted by atomic mass is 31.2. The van der Waals surface area contributed by atoms with E-state index in [-0.39, 0.29) is 31.5 Å². The Balaban J connectivity index is 3.60. The van der Waals surface area contributed by atoms with E-state index in [1.165, 1.54) is 18.1 Å². The highest BCUT2D eigenvalue weighted by Crippen LogP contribution is 2.48. The van der Waals surface area contributed by atoms with Crippen molar-refractivity contribution >= 4 is 28.8 Å². The number of hydrogen-bond donors (Lipinski definition) is 1. The first-order valence-corrected chi connectivity index (χ1v) is 19.0. The number of ether oxygens (including phenoxy) is 3. The molecule has 0 bridgehead atoms. The van der Waals surface area contributed by atoms with Crippen LogP contribution in [-0.4, -0.2) is 77.3 Å². The van der Waals surface area contributed by atoms with Gasteiger partial charge in [-0.15, -0.1) is 0 Å². The van der Waals surface area contributed by atoms with Crippen LogP contribution in [0, 0.1) is 22.2 Å². The zero-order valence-corrected chi connectivity index (χ0v) is 33.3. The van der Waals surface area contributed by atoms with E-state index >= 15 is 4.39 Å². The molecule has 51 heavy (non-hydrogen) atoms. The molecule has 0 aliphatic carbocycles. The molecule has 15 nitrogen and oxygen atoms in total. The second kappa shape index (κ2) is 22.5. The summed E-state index contributed by atoms with van der Waals surface area (Å²) >= 11 is 0. The fourth-order valence-electron chi connectivity index (χ4n) is 4.01. The summed E-state index contributed by atoms with van der Waals surface area (Å²) < 4.78 is 58.7. The Labute approximate surface area is 302 Å². The van der Waals surface area contributed by atoms with Crippen molar-refractivity contribution < 1.29 is 46.3 Å². The molecule has 0 fully saturated rings. The number of nitriles is 1. The van der Waals surface area contributed by atoms with Crippen LogP contribution in [0.3, 0.4) is 0 Å². The number of halogens is 1. The van der Waals surface area contributed by atoms with Crippen LogP contribution in [0.1, 0.15) is 95.2 Å². The van der Waals surface area contributed by atoms with Gasteiger partial charge in [-0.25, -0.2) is 13.9 Å². The van der Waals surface area contributed by atoms with E-state index in [2.05, 4.69) is 4.98 Å². The van der Waals surface area contributed by atoms with Crippen molar-refractivity contribution in [3.8, 4) is 6.07 Å². The third-order valence-electron chi connectivity index (χ3n) is 6.59. The maximum absolute atomic E-state index is 15.1. The van der Waals surface area contributed by atoms with Crippen molar-refractivity contribution in [3.05, 3.63) is 45.0 Å². The minimum Gasteiger partial charge on any atom is -0.438 e. The summed E-state index contributed by atoms with van der Waals surface area (Å²) in [5, 5.41) is 9.12. The third kappa shape index (κ3) is 16.7.